The average Bonchev–Trinajstić information content (AvgIpc) is 2.70. The quantitative estimate of drug-likeness (QED) is 0.725. The Morgan fingerprint density at radius 3 is 2.24 bits per heavy atom. The molecular formula is C13H15N3O3S2. The number of hydrogen-bond acceptors (Lipinski definition) is 4. The van der Waals surface area contributed by atoms with Gasteiger partial charge in [0, 0.05) is 23.7 Å². The lowest BCUT2D eigenvalue weighted by atomic mass is 10.3. The van der Waals surface area contributed by atoms with Crippen LogP contribution in [0.15, 0.2) is 35.7 Å². The highest BCUT2D eigenvalue weighted by Crippen LogP contribution is 2.14. The predicted octanol–water partition coefficient (Wildman–Crippen LogP) is 1.24. The minimum absolute atomic E-state index is 0.0102. The lowest BCUT2D eigenvalue weighted by molar-refractivity contribution is -0.114. The van der Waals surface area contributed by atoms with E-state index >= 15 is 0 Å². The van der Waals surface area contributed by atoms with E-state index in [1.165, 1.54) is 12.3 Å². The highest BCUT2D eigenvalue weighted by molar-refractivity contribution is 7.94. The molecule has 1 aliphatic rings. The molecular weight excluding hydrogens is 310 g/mol. The minimum atomic E-state index is -3.10. The molecule has 0 fully saturated rings. The van der Waals surface area contributed by atoms with E-state index in [1.54, 1.807) is 30.3 Å². The van der Waals surface area contributed by atoms with E-state index in [0.29, 0.717) is 10.8 Å². The molecule has 0 spiro atoms. The Labute approximate surface area is 128 Å². The lowest BCUT2D eigenvalue weighted by Gasteiger charge is -2.14. The molecule has 0 bridgehead atoms. The second-order valence-corrected chi connectivity index (χ2v) is 6.96. The Bertz CT molecular complexity index is 681. The van der Waals surface area contributed by atoms with E-state index in [-0.39, 0.29) is 17.7 Å². The number of amides is 1. The summed E-state index contributed by atoms with van der Waals surface area (Å²) in [5.74, 6) is -0.127. The van der Waals surface area contributed by atoms with Gasteiger partial charge >= 0.3 is 0 Å². The summed E-state index contributed by atoms with van der Waals surface area (Å²) in [6.07, 6.45) is 1.57. The van der Waals surface area contributed by atoms with Gasteiger partial charge in [-0.05, 0) is 42.6 Å². The van der Waals surface area contributed by atoms with Gasteiger partial charge in [0.2, 0.25) is 5.91 Å². The van der Waals surface area contributed by atoms with Gasteiger partial charge < -0.3 is 16.0 Å². The first kappa shape index (κ1) is 15.5. The molecule has 1 unspecified atom stereocenters. The number of nitrogens with one attached hydrogen (secondary N) is 3. The maximum Gasteiger partial charge on any atom is 0.221 e. The van der Waals surface area contributed by atoms with Gasteiger partial charge in [-0.25, -0.2) is 8.42 Å². The van der Waals surface area contributed by atoms with Crippen LogP contribution in [-0.4, -0.2) is 31.2 Å². The van der Waals surface area contributed by atoms with Crippen molar-refractivity contribution in [2.24, 2.45) is 0 Å². The number of thiocarbonyl (C=S) groups is 1. The van der Waals surface area contributed by atoms with Gasteiger partial charge in [0.05, 0.1) is 11.8 Å². The van der Waals surface area contributed by atoms with Crippen molar-refractivity contribution < 1.29 is 13.2 Å². The number of benzene rings is 1. The van der Waals surface area contributed by atoms with Crippen LogP contribution in [0.4, 0.5) is 11.4 Å². The Kier molecular flexibility index (Phi) is 4.59. The Morgan fingerprint density at radius 2 is 1.76 bits per heavy atom. The maximum atomic E-state index is 11.3. The molecule has 0 radical (unpaired) electrons. The predicted molar refractivity (Wildman–Crippen MR) is 86.8 cm³/mol. The van der Waals surface area contributed by atoms with E-state index < -0.39 is 9.84 Å². The SMILES string of the molecule is CC(=O)Nc1ccc(NC(=S)NC2C=CS(=O)(=O)C2)cc1. The van der Waals surface area contributed by atoms with Crippen LogP contribution in [0, 0.1) is 0 Å². The summed E-state index contributed by atoms with van der Waals surface area (Å²) in [5.41, 5.74) is 1.43. The average molecular weight is 325 g/mol. The maximum absolute atomic E-state index is 11.3. The minimum Gasteiger partial charge on any atom is -0.355 e. The fourth-order valence-electron chi connectivity index (χ4n) is 1.84. The molecule has 8 heteroatoms. The van der Waals surface area contributed by atoms with Gasteiger partial charge in [-0.1, -0.05) is 0 Å². The van der Waals surface area contributed by atoms with Crippen LogP contribution < -0.4 is 16.0 Å². The van der Waals surface area contributed by atoms with Crippen molar-refractivity contribution >= 4 is 44.4 Å². The van der Waals surface area contributed by atoms with Crippen LogP contribution in [0.2, 0.25) is 0 Å². The Morgan fingerprint density at radius 1 is 1.19 bits per heavy atom. The van der Waals surface area contributed by atoms with Crippen molar-refractivity contribution in [3.63, 3.8) is 0 Å². The van der Waals surface area contributed by atoms with E-state index in [0.717, 1.165) is 5.69 Å². The van der Waals surface area contributed by atoms with E-state index in [9.17, 15) is 13.2 Å². The highest BCUT2D eigenvalue weighted by Gasteiger charge is 2.21. The first-order valence-electron chi connectivity index (χ1n) is 6.20. The molecule has 6 nitrogen and oxygen atoms in total. The van der Waals surface area contributed by atoms with Gasteiger partial charge in [0.1, 0.15) is 0 Å². The smallest absolute Gasteiger partial charge is 0.221 e. The summed E-state index contributed by atoms with van der Waals surface area (Å²) in [7, 11) is -3.10. The monoisotopic (exact) mass is 325 g/mol. The molecule has 21 heavy (non-hydrogen) atoms. The third kappa shape index (κ3) is 4.83. The summed E-state index contributed by atoms with van der Waals surface area (Å²) >= 11 is 5.13. The number of carbonyl (C=O) groups is 1. The highest BCUT2D eigenvalue weighted by atomic mass is 32.2. The van der Waals surface area contributed by atoms with Crippen molar-refractivity contribution in [2.45, 2.75) is 13.0 Å². The summed E-state index contributed by atoms with van der Waals surface area (Å²) in [6, 6.07) is 6.70. The number of sulfone groups is 1. The summed E-state index contributed by atoms with van der Waals surface area (Å²) in [6.45, 7) is 1.44. The molecule has 1 aromatic rings. The summed E-state index contributed by atoms with van der Waals surface area (Å²) in [5, 5.41) is 10.1. The third-order valence-electron chi connectivity index (χ3n) is 2.71. The second-order valence-electron chi connectivity index (χ2n) is 4.62. The third-order valence-corrected chi connectivity index (χ3v) is 4.33. The molecule has 0 saturated heterocycles. The molecule has 1 aromatic carbocycles. The van der Waals surface area contributed by atoms with E-state index in [2.05, 4.69) is 16.0 Å². The topological polar surface area (TPSA) is 87.3 Å². The van der Waals surface area contributed by atoms with E-state index in [1.807, 2.05) is 0 Å². The first-order chi connectivity index (χ1) is 9.84. The molecule has 1 aliphatic heterocycles. The summed E-state index contributed by atoms with van der Waals surface area (Å²) in [4.78, 5) is 10.9. The van der Waals surface area contributed by atoms with Crippen LogP contribution in [0.5, 0.6) is 0 Å². The molecule has 0 saturated carbocycles. The van der Waals surface area contributed by atoms with Crippen molar-refractivity contribution in [2.75, 3.05) is 16.4 Å². The van der Waals surface area contributed by atoms with Gasteiger partial charge in [0.25, 0.3) is 0 Å². The fourth-order valence-corrected chi connectivity index (χ4v) is 3.35. The molecule has 2 rings (SSSR count). The lowest BCUT2D eigenvalue weighted by Crippen LogP contribution is -2.38. The molecule has 0 aliphatic carbocycles. The molecule has 1 heterocycles. The standard InChI is InChI=1S/C13H15N3O3S2/c1-9(17)14-10-2-4-11(5-3-10)15-13(20)16-12-6-7-21(18,19)8-12/h2-7,12H,8H2,1H3,(H,14,17)(H2,15,16,20). The van der Waals surface area contributed by atoms with Crippen molar-refractivity contribution in [1.82, 2.24) is 5.32 Å². The Hall–Kier alpha value is -1.93. The van der Waals surface area contributed by atoms with Crippen LogP contribution in [0.3, 0.4) is 0 Å². The fraction of sp³-hybridized carbons (Fsp3) is 0.231. The molecule has 1 atom stereocenters. The number of rotatable bonds is 3. The van der Waals surface area contributed by atoms with Crippen molar-refractivity contribution in [3.05, 3.63) is 35.7 Å². The molecule has 1 amide bonds. The van der Waals surface area contributed by atoms with Crippen LogP contribution in [-0.2, 0) is 14.6 Å². The molecule has 112 valence electrons. The van der Waals surface area contributed by atoms with Gasteiger partial charge in [0.15, 0.2) is 14.9 Å². The molecule has 0 aromatic heterocycles. The first-order valence-corrected chi connectivity index (χ1v) is 8.32. The zero-order valence-electron chi connectivity index (χ0n) is 11.3. The van der Waals surface area contributed by atoms with Gasteiger partial charge in [-0.2, -0.15) is 0 Å². The van der Waals surface area contributed by atoms with Crippen LogP contribution in [0.1, 0.15) is 6.92 Å². The normalized spacial score (nSPS) is 19.0. The number of hydrogen-bond donors (Lipinski definition) is 3. The van der Waals surface area contributed by atoms with E-state index in [4.69, 9.17) is 12.2 Å². The van der Waals surface area contributed by atoms with Crippen LogP contribution >= 0.6 is 12.2 Å². The zero-order valence-corrected chi connectivity index (χ0v) is 12.9. The van der Waals surface area contributed by atoms with Crippen LogP contribution in [0.25, 0.3) is 0 Å². The molecule has 3 N–H and O–H groups in total. The largest absolute Gasteiger partial charge is 0.355 e. The van der Waals surface area contributed by atoms with Crippen molar-refractivity contribution in [1.29, 1.82) is 0 Å². The van der Waals surface area contributed by atoms with Crippen molar-refractivity contribution in [3.8, 4) is 0 Å². The number of anilines is 2. The Balaban J connectivity index is 1.88. The zero-order chi connectivity index (χ0) is 15.5. The van der Waals surface area contributed by atoms with Gasteiger partial charge in [-0.15, -0.1) is 0 Å². The second kappa shape index (κ2) is 6.23. The van der Waals surface area contributed by atoms with Gasteiger partial charge in [-0.3, -0.25) is 4.79 Å². The number of carbonyl (C=O) groups excluding carboxylic acids is 1. The summed E-state index contributed by atoms with van der Waals surface area (Å²) < 4.78 is 22.6.